The van der Waals surface area contributed by atoms with Crippen LogP contribution in [0.4, 0.5) is 5.82 Å². The topological polar surface area (TPSA) is 53.5 Å². The number of anilines is 1. The Labute approximate surface area is 145 Å². The minimum absolute atomic E-state index is 0.328. The lowest BCUT2D eigenvalue weighted by Crippen LogP contribution is -2.49. The number of aromatic nitrogens is 1. The molecule has 1 aliphatic heterocycles. The van der Waals surface area contributed by atoms with Crippen LogP contribution in [-0.4, -0.2) is 43.9 Å². The summed E-state index contributed by atoms with van der Waals surface area (Å²) in [6, 6.07) is 11.1. The molecule has 1 saturated heterocycles. The maximum atomic E-state index is 12.8. The Balaban J connectivity index is 1.76. The summed E-state index contributed by atoms with van der Waals surface area (Å²) in [6.07, 6.45) is 1.75. The first-order chi connectivity index (χ1) is 11.0. The van der Waals surface area contributed by atoms with Crippen molar-refractivity contribution in [2.75, 3.05) is 31.1 Å². The minimum atomic E-state index is -3.48. The van der Waals surface area contributed by atoms with Crippen LogP contribution in [0, 0.1) is 6.92 Å². The molecule has 0 radical (unpaired) electrons. The van der Waals surface area contributed by atoms with Crippen molar-refractivity contribution in [3.05, 3.63) is 52.6 Å². The summed E-state index contributed by atoms with van der Waals surface area (Å²) in [5, 5.41) is 0. The normalized spacial score (nSPS) is 16.5. The van der Waals surface area contributed by atoms with E-state index in [4.69, 9.17) is 0 Å². The summed E-state index contributed by atoms with van der Waals surface area (Å²) < 4.78 is 27.8. The maximum Gasteiger partial charge on any atom is 0.244 e. The summed E-state index contributed by atoms with van der Waals surface area (Å²) >= 11 is 3.37. The van der Waals surface area contributed by atoms with Gasteiger partial charge in [0.15, 0.2) is 0 Å². The van der Waals surface area contributed by atoms with E-state index in [0.29, 0.717) is 35.5 Å². The summed E-state index contributed by atoms with van der Waals surface area (Å²) in [5.74, 6) is 0.890. The Morgan fingerprint density at radius 2 is 1.83 bits per heavy atom. The molecule has 0 saturated carbocycles. The van der Waals surface area contributed by atoms with Gasteiger partial charge in [-0.05, 0) is 52.7 Å². The van der Waals surface area contributed by atoms with Crippen molar-refractivity contribution >= 4 is 31.8 Å². The first kappa shape index (κ1) is 16.4. The molecule has 0 amide bonds. The zero-order valence-electron chi connectivity index (χ0n) is 12.8. The van der Waals surface area contributed by atoms with Crippen LogP contribution < -0.4 is 4.90 Å². The first-order valence-electron chi connectivity index (χ1n) is 7.41. The number of piperazine rings is 1. The highest BCUT2D eigenvalue weighted by atomic mass is 79.9. The van der Waals surface area contributed by atoms with Gasteiger partial charge in [0.1, 0.15) is 5.82 Å². The molecular weight excluding hydrogens is 378 g/mol. The van der Waals surface area contributed by atoms with Gasteiger partial charge < -0.3 is 4.90 Å². The fourth-order valence-electron chi connectivity index (χ4n) is 2.65. The third-order valence-electron chi connectivity index (χ3n) is 3.92. The van der Waals surface area contributed by atoms with E-state index in [9.17, 15) is 8.42 Å². The molecule has 0 unspecified atom stereocenters. The van der Waals surface area contributed by atoms with Crippen molar-refractivity contribution in [2.45, 2.75) is 11.8 Å². The Morgan fingerprint density at radius 3 is 2.43 bits per heavy atom. The smallest absolute Gasteiger partial charge is 0.244 e. The number of rotatable bonds is 3. The number of hydrogen-bond donors (Lipinski definition) is 0. The summed E-state index contributed by atoms with van der Waals surface area (Å²) in [5.41, 5.74) is 1.02. The number of hydrogen-bond acceptors (Lipinski definition) is 4. The van der Waals surface area contributed by atoms with Crippen LogP contribution in [0.3, 0.4) is 0 Å². The molecule has 0 aliphatic carbocycles. The minimum Gasteiger partial charge on any atom is -0.354 e. The molecule has 0 N–H and O–H groups in total. The second-order valence-corrected chi connectivity index (χ2v) is 8.27. The summed E-state index contributed by atoms with van der Waals surface area (Å²) in [6.45, 7) is 4.13. The molecule has 0 bridgehead atoms. The Kier molecular flexibility index (Phi) is 4.70. The third-order valence-corrected chi connectivity index (χ3v) is 6.79. The van der Waals surface area contributed by atoms with Gasteiger partial charge in [0.25, 0.3) is 0 Å². The fraction of sp³-hybridized carbons (Fsp3) is 0.312. The average molecular weight is 396 g/mol. The molecule has 1 aromatic carbocycles. The van der Waals surface area contributed by atoms with Gasteiger partial charge in [-0.25, -0.2) is 13.4 Å². The largest absolute Gasteiger partial charge is 0.354 e. The molecule has 0 atom stereocenters. The van der Waals surface area contributed by atoms with E-state index in [1.807, 2.05) is 37.3 Å². The summed E-state index contributed by atoms with van der Waals surface area (Å²) in [4.78, 5) is 6.76. The van der Waals surface area contributed by atoms with E-state index >= 15 is 0 Å². The third kappa shape index (κ3) is 3.41. The van der Waals surface area contributed by atoms with Crippen LogP contribution in [0.5, 0.6) is 0 Å². The highest BCUT2D eigenvalue weighted by Gasteiger charge is 2.30. The molecular formula is C16H18BrN3O2S. The van der Waals surface area contributed by atoms with E-state index in [-0.39, 0.29) is 0 Å². The van der Waals surface area contributed by atoms with Gasteiger partial charge in [-0.2, -0.15) is 4.31 Å². The molecule has 0 spiro atoms. The lowest BCUT2D eigenvalue weighted by Gasteiger charge is -2.34. The molecule has 2 heterocycles. The predicted molar refractivity (Wildman–Crippen MR) is 94.1 cm³/mol. The number of nitrogens with zero attached hydrogens (tertiary/aromatic N) is 3. The average Bonchev–Trinajstić information content (AvgIpc) is 2.55. The van der Waals surface area contributed by atoms with Crippen LogP contribution in [-0.2, 0) is 10.0 Å². The molecule has 23 heavy (non-hydrogen) atoms. The van der Waals surface area contributed by atoms with Crippen LogP contribution >= 0.6 is 15.9 Å². The molecule has 7 heteroatoms. The fourth-order valence-corrected chi connectivity index (χ4v) is 5.23. The van der Waals surface area contributed by atoms with E-state index in [0.717, 1.165) is 11.4 Å². The number of sulfonamides is 1. The Morgan fingerprint density at radius 1 is 1.09 bits per heavy atom. The van der Waals surface area contributed by atoms with Crippen molar-refractivity contribution in [1.82, 2.24) is 9.29 Å². The standard InChI is InChI=1S/C16H18BrN3O2S/c1-13-5-6-15(14(17)12-13)23(21,22)20-10-8-19(9-11-20)16-4-2-3-7-18-16/h2-7,12H,8-11H2,1H3. The van der Waals surface area contributed by atoms with Gasteiger partial charge in [-0.3, -0.25) is 0 Å². The van der Waals surface area contributed by atoms with Crippen molar-refractivity contribution in [3.63, 3.8) is 0 Å². The van der Waals surface area contributed by atoms with E-state index < -0.39 is 10.0 Å². The molecule has 1 aliphatic rings. The van der Waals surface area contributed by atoms with Gasteiger partial charge in [-0.1, -0.05) is 12.1 Å². The van der Waals surface area contributed by atoms with Gasteiger partial charge in [0.2, 0.25) is 10.0 Å². The van der Waals surface area contributed by atoms with Crippen molar-refractivity contribution in [2.24, 2.45) is 0 Å². The second-order valence-electron chi connectivity index (χ2n) is 5.51. The van der Waals surface area contributed by atoms with Crippen LogP contribution in [0.15, 0.2) is 52.0 Å². The summed E-state index contributed by atoms with van der Waals surface area (Å²) in [7, 11) is -3.48. The maximum absolute atomic E-state index is 12.8. The SMILES string of the molecule is Cc1ccc(S(=O)(=O)N2CCN(c3ccccn3)CC2)c(Br)c1. The van der Waals surface area contributed by atoms with Gasteiger partial charge in [-0.15, -0.1) is 0 Å². The van der Waals surface area contributed by atoms with Crippen LogP contribution in [0.1, 0.15) is 5.56 Å². The monoisotopic (exact) mass is 395 g/mol. The van der Waals surface area contributed by atoms with E-state index in [2.05, 4.69) is 25.8 Å². The molecule has 2 aromatic rings. The first-order valence-corrected chi connectivity index (χ1v) is 9.64. The quantitative estimate of drug-likeness (QED) is 0.801. The van der Waals surface area contributed by atoms with E-state index in [1.54, 1.807) is 16.6 Å². The number of pyridine rings is 1. The number of halogens is 1. The lowest BCUT2D eigenvalue weighted by atomic mass is 10.2. The van der Waals surface area contributed by atoms with Gasteiger partial charge in [0.05, 0.1) is 4.90 Å². The Bertz CT molecular complexity index is 788. The van der Waals surface area contributed by atoms with Gasteiger partial charge >= 0.3 is 0 Å². The van der Waals surface area contributed by atoms with Crippen LogP contribution in [0.25, 0.3) is 0 Å². The number of benzene rings is 1. The highest BCUT2D eigenvalue weighted by Crippen LogP contribution is 2.27. The predicted octanol–water partition coefficient (Wildman–Crippen LogP) is 2.66. The van der Waals surface area contributed by atoms with E-state index in [1.165, 1.54) is 0 Å². The molecule has 1 aromatic heterocycles. The van der Waals surface area contributed by atoms with Crippen molar-refractivity contribution in [1.29, 1.82) is 0 Å². The Hall–Kier alpha value is -1.44. The zero-order valence-corrected chi connectivity index (χ0v) is 15.2. The molecule has 1 fully saturated rings. The highest BCUT2D eigenvalue weighted by molar-refractivity contribution is 9.10. The number of aryl methyl sites for hydroxylation is 1. The van der Waals surface area contributed by atoms with Crippen molar-refractivity contribution < 1.29 is 8.42 Å². The van der Waals surface area contributed by atoms with Crippen LogP contribution in [0.2, 0.25) is 0 Å². The lowest BCUT2D eigenvalue weighted by molar-refractivity contribution is 0.383. The molecule has 3 rings (SSSR count). The molecule has 122 valence electrons. The zero-order chi connectivity index (χ0) is 16.4. The van der Waals surface area contributed by atoms with Gasteiger partial charge in [0, 0.05) is 36.8 Å². The van der Waals surface area contributed by atoms with Crippen molar-refractivity contribution in [3.8, 4) is 0 Å². The molecule has 5 nitrogen and oxygen atoms in total. The second kappa shape index (κ2) is 6.59.